The molecule has 0 aromatic heterocycles. The summed E-state index contributed by atoms with van der Waals surface area (Å²) >= 11 is -0.941. The minimum absolute atomic E-state index is 0.230. The van der Waals surface area contributed by atoms with Crippen LogP contribution < -0.4 is 11.5 Å². The van der Waals surface area contributed by atoms with E-state index in [4.69, 9.17) is 31.7 Å². The summed E-state index contributed by atoms with van der Waals surface area (Å²) < 4.78 is 2.07. The quantitative estimate of drug-likeness (QED) is 0.214. The number of benzene rings is 2. The zero-order valence-corrected chi connectivity index (χ0v) is 29.5. The van der Waals surface area contributed by atoms with E-state index in [1.807, 2.05) is 0 Å². The van der Waals surface area contributed by atoms with Gasteiger partial charge in [0.25, 0.3) is 0 Å². The van der Waals surface area contributed by atoms with Crippen molar-refractivity contribution in [3.05, 3.63) is 68.8 Å². The van der Waals surface area contributed by atoms with Gasteiger partial charge in [-0.05, 0) is 0 Å². The van der Waals surface area contributed by atoms with E-state index in [1.165, 1.54) is 44.5 Å². The first-order valence-electron chi connectivity index (χ1n) is 15.0. The molecular weight excluding hydrogens is 585 g/mol. The van der Waals surface area contributed by atoms with Crippen molar-refractivity contribution in [1.29, 1.82) is 0 Å². The number of halogens is 2. The maximum absolute atomic E-state index is 7.06. The summed E-state index contributed by atoms with van der Waals surface area (Å²) in [4.78, 5) is 0. The standard InChI is InChI=1S/C34H56N3.2ClH.Cu/c1-19(2)25-13-27(21(5)6)33(28(14-25)22(7)8)31(35)17-37-18-32(36)34-29(23(9)10)15-26(20(3)4)16-30(34)24(11)12;;;/h13-16,19-24,31-32H,17-18,35-36H2,1-12H3;2*1H;/q-1;;;+3/p-2. The van der Waals surface area contributed by atoms with Crippen molar-refractivity contribution in [3.8, 4) is 0 Å². The minimum atomic E-state index is -0.941. The van der Waals surface area contributed by atoms with Gasteiger partial charge in [-0.25, -0.2) is 0 Å². The topological polar surface area (TPSA) is 55.3 Å². The van der Waals surface area contributed by atoms with Gasteiger partial charge >= 0.3 is 260 Å². The van der Waals surface area contributed by atoms with Gasteiger partial charge in [0.05, 0.1) is 0 Å². The van der Waals surface area contributed by atoms with Crippen molar-refractivity contribution in [1.82, 2.24) is 3.92 Å². The number of nitrogens with zero attached hydrogens (tertiary/aromatic N) is 1. The van der Waals surface area contributed by atoms with Crippen LogP contribution in [0.3, 0.4) is 0 Å². The van der Waals surface area contributed by atoms with E-state index in [-0.39, 0.29) is 12.1 Å². The fraction of sp³-hybridized carbons (Fsp3) is 0.647. The summed E-state index contributed by atoms with van der Waals surface area (Å²) in [5.41, 5.74) is 24.6. The summed E-state index contributed by atoms with van der Waals surface area (Å²) in [5, 5.41) is 0. The molecule has 0 saturated carbocycles. The molecule has 0 saturated heterocycles. The van der Waals surface area contributed by atoms with Gasteiger partial charge in [0.15, 0.2) is 0 Å². The Balaban J connectivity index is 2.55. The predicted molar refractivity (Wildman–Crippen MR) is 175 cm³/mol. The van der Waals surface area contributed by atoms with Gasteiger partial charge in [0.2, 0.25) is 0 Å². The van der Waals surface area contributed by atoms with Crippen molar-refractivity contribution in [2.45, 2.75) is 131 Å². The van der Waals surface area contributed by atoms with E-state index in [2.05, 4.69) is 111 Å². The number of rotatable bonds is 13. The Hall–Kier alpha value is -0.581. The fourth-order valence-corrected chi connectivity index (χ4v) is 6.93. The second-order valence-electron chi connectivity index (χ2n) is 13.3. The van der Waals surface area contributed by atoms with Gasteiger partial charge in [-0.1, -0.05) is 0 Å². The van der Waals surface area contributed by atoms with Crippen molar-refractivity contribution >= 4 is 20.2 Å². The zero-order chi connectivity index (χ0) is 30.6. The molecule has 0 aliphatic rings. The molecular formula is C34H56Cl2CuN3. The number of hydrogen-bond acceptors (Lipinski definition) is 3. The molecule has 0 spiro atoms. The average Bonchev–Trinajstić information content (AvgIpc) is 2.85. The van der Waals surface area contributed by atoms with Crippen LogP contribution >= 0.6 is 20.2 Å². The van der Waals surface area contributed by atoms with E-state index in [0.717, 1.165) is 0 Å². The Labute approximate surface area is 259 Å². The van der Waals surface area contributed by atoms with Crippen molar-refractivity contribution in [2.75, 3.05) is 13.1 Å². The van der Waals surface area contributed by atoms with Crippen LogP contribution in [0.15, 0.2) is 24.3 Å². The Morgan fingerprint density at radius 2 is 0.775 bits per heavy atom. The molecule has 2 atom stereocenters. The van der Waals surface area contributed by atoms with E-state index in [1.54, 1.807) is 0 Å². The predicted octanol–water partition coefficient (Wildman–Crippen LogP) is 10.3. The van der Waals surface area contributed by atoms with Gasteiger partial charge in [-0.15, -0.1) is 0 Å². The second kappa shape index (κ2) is 15.2. The van der Waals surface area contributed by atoms with Crippen molar-refractivity contribution in [2.24, 2.45) is 11.5 Å². The summed E-state index contributed by atoms with van der Waals surface area (Å²) in [6.07, 6.45) is 0. The van der Waals surface area contributed by atoms with Crippen LogP contribution in [0.1, 0.15) is 175 Å². The first-order chi connectivity index (χ1) is 18.5. The van der Waals surface area contributed by atoms with E-state index >= 15 is 0 Å². The fourth-order valence-electron chi connectivity index (χ4n) is 5.62. The molecule has 3 nitrogen and oxygen atoms in total. The summed E-state index contributed by atoms with van der Waals surface area (Å²) in [6.45, 7) is 28.1. The molecule has 0 amide bonds. The van der Waals surface area contributed by atoms with Crippen LogP contribution in [0.25, 0.3) is 0 Å². The van der Waals surface area contributed by atoms with Gasteiger partial charge in [0.1, 0.15) is 0 Å². The van der Waals surface area contributed by atoms with Gasteiger partial charge in [-0.2, -0.15) is 0 Å². The molecule has 232 valence electrons. The Morgan fingerprint density at radius 1 is 0.525 bits per heavy atom. The Kier molecular flexibility index (Phi) is 13.6. The number of nitrogens with two attached hydrogens (primary N) is 2. The van der Waals surface area contributed by atoms with E-state index in [9.17, 15) is 0 Å². The summed E-state index contributed by atoms with van der Waals surface area (Å²) in [7, 11) is 13.3. The van der Waals surface area contributed by atoms with Crippen LogP contribution in [-0.2, 0) is 12.3 Å². The number of hydrogen-bond donors (Lipinski definition) is 2. The van der Waals surface area contributed by atoms with E-state index < -0.39 is 12.3 Å². The first-order valence-corrected chi connectivity index (χ1v) is 18.0. The molecule has 2 aromatic carbocycles. The molecule has 0 aliphatic carbocycles. The zero-order valence-electron chi connectivity index (χ0n) is 27.0. The Morgan fingerprint density at radius 3 is 0.950 bits per heavy atom. The SMILES string of the molecule is CC(C)c1cc(C(C)C)c(C(N)C[N](CC(N)c2c(C(C)C)cc(C(C)C)cc2C(C)C)[Cu]([Cl])[Cl])c(C(C)C)c1. The maximum atomic E-state index is 7.06. The first kappa shape index (κ1) is 35.6. The van der Waals surface area contributed by atoms with Crippen LogP contribution in [0.4, 0.5) is 0 Å². The van der Waals surface area contributed by atoms with Crippen LogP contribution in [0.2, 0.25) is 0 Å². The molecule has 4 N–H and O–H groups in total. The summed E-state index contributed by atoms with van der Waals surface area (Å²) in [6, 6.07) is 8.96. The molecule has 2 aromatic rings. The third-order valence-corrected chi connectivity index (χ3v) is 9.98. The van der Waals surface area contributed by atoms with Gasteiger partial charge in [0, 0.05) is 0 Å². The van der Waals surface area contributed by atoms with E-state index in [0.29, 0.717) is 48.6 Å². The van der Waals surface area contributed by atoms with Gasteiger partial charge < -0.3 is 0 Å². The molecule has 0 bridgehead atoms. The molecule has 40 heavy (non-hydrogen) atoms. The second-order valence-corrected chi connectivity index (χ2v) is 16.6. The van der Waals surface area contributed by atoms with Crippen LogP contribution in [0.5, 0.6) is 0 Å². The summed E-state index contributed by atoms with van der Waals surface area (Å²) in [5.74, 6) is 2.36. The van der Waals surface area contributed by atoms with Crippen molar-refractivity contribution < 1.29 is 12.3 Å². The molecule has 0 radical (unpaired) electrons. The molecule has 2 unspecified atom stereocenters. The third kappa shape index (κ3) is 8.73. The van der Waals surface area contributed by atoms with Crippen molar-refractivity contribution in [3.63, 3.8) is 0 Å². The molecule has 2 rings (SSSR count). The molecule has 6 heteroatoms. The monoisotopic (exact) mass is 639 g/mol. The molecule has 0 fully saturated rings. The normalized spacial score (nSPS) is 14.5. The Bertz CT molecular complexity index is 967. The average molecular weight is 641 g/mol. The molecule has 0 heterocycles. The third-order valence-electron chi connectivity index (χ3n) is 8.00. The van der Waals surface area contributed by atoms with Crippen LogP contribution in [-0.4, -0.2) is 17.0 Å². The molecule has 0 aliphatic heterocycles. The van der Waals surface area contributed by atoms with Crippen LogP contribution in [0, 0.1) is 0 Å². The van der Waals surface area contributed by atoms with Gasteiger partial charge in [-0.3, -0.25) is 0 Å².